The second-order valence-electron chi connectivity index (χ2n) is 8.51. The zero-order valence-electron chi connectivity index (χ0n) is 20.3. The Morgan fingerprint density at radius 1 is 1.21 bits per heavy atom. The van der Waals surface area contributed by atoms with Crippen molar-refractivity contribution in [3.05, 3.63) is 77.4 Å². The van der Waals surface area contributed by atoms with Crippen molar-refractivity contribution in [1.82, 2.24) is 10.2 Å². The second kappa shape index (κ2) is 12.4. The first-order valence-electron chi connectivity index (χ1n) is 11.1. The summed E-state index contributed by atoms with van der Waals surface area (Å²) in [4.78, 5) is 27.1. The van der Waals surface area contributed by atoms with Gasteiger partial charge in [0.05, 0.1) is 28.1 Å². The Balaban J connectivity index is 1.66. The molecular weight excluding hydrogens is 565 g/mol. The Morgan fingerprint density at radius 3 is 2.29 bits per heavy atom. The molecule has 0 bridgehead atoms. The minimum Gasteiger partial charge on any atom is -0.597 e. The van der Waals surface area contributed by atoms with Crippen LogP contribution in [0.25, 0.3) is 0 Å². The molecule has 1 N–H and O–H groups in total. The number of likely N-dealkylation sites (tertiary alicyclic amines) is 1. The Kier molecular flexibility index (Phi) is 9.69. The monoisotopic (exact) mass is 588 g/mol. The van der Waals surface area contributed by atoms with Crippen molar-refractivity contribution in [2.45, 2.75) is 43.6 Å². The molecule has 7 nitrogen and oxygen atoms in total. The van der Waals surface area contributed by atoms with Gasteiger partial charge >= 0.3 is 12.1 Å². The summed E-state index contributed by atoms with van der Waals surface area (Å²) in [6.07, 6.45) is -4.43. The molecule has 1 heterocycles. The molecule has 4 atom stereocenters. The van der Waals surface area contributed by atoms with Crippen LogP contribution in [0.15, 0.2) is 60.7 Å². The van der Waals surface area contributed by atoms with E-state index in [4.69, 9.17) is 32.4 Å². The number of rotatable bonds is 10. The molecule has 0 saturated carbocycles. The van der Waals surface area contributed by atoms with Crippen LogP contribution in [0.3, 0.4) is 0 Å². The van der Waals surface area contributed by atoms with Gasteiger partial charge in [-0.1, -0.05) is 43.1 Å². The predicted octanol–water partition coefficient (Wildman–Crippen LogP) is 4.30. The van der Waals surface area contributed by atoms with Crippen LogP contribution in [0.5, 0.6) is 5.75 Å². The molecule has 2 aromatic carbocycles. The fourth-order valence-corrected chi connectivity index (χ4v) is 5.48. The quantitative estimate of drug-likeness (QED) is 0.145. The average molecular weight is 589 g/mol. The van der Waals surface area contributed by atoms with Crippen LogP contribution in [0.4, 0.5) is 13.2 Å². The molecule has 0 radical (unpaired) electrons. The van der Waals surface area contributed by atoms with E-state index in [9.17, 15) is 27.3 Å². The molecule has 0 spiro atoms. The van der Waals surface area contributed by atoms with Crippen LogP contribution in [-0.2, 0) is 43.9 Å². The van der Waals surface area contributed by atoms with Crippen LogP contribution < -0.4 is 10.1 Å². The minimum absolute atomic E-state index is 0.0344. The van der Waals surface area contributed by atoms with Gasteiger partial charge in [-0.3, -0.25) is 9.69 Å². The van der Waals surface area contributed by atoms with E-state index < -0.39 is 51.5 Å². The van der Waals surface area contributed by atoms with Gasteiger partial charge < -0.3 is 19.3 Å². The lowest BCUT2D eigenvalue weighted by atomic mass is 9.99. The number of nitrogens with zero attached hydrogens (tertiary/aromatic N) is 1. The fraction of sp³-hybridized carbons (Fsp3) is 0.320. The van der Waals surface area contributed by atoms with Gasteiger partial charge in [0.2, 0.25) is 5.37 Å². The minimum atomic E-state index is -4.47. The number of carbonyl (C=O) groups excluding carboxylic acids is 2. The number of amides is 1. The molecule has 1 aliphatic rings. The van der Waals surface area contributed by atoms with Crippen LogP contribution in [0, 0.1) is 0 Å². The number of hydrogen-bond acceptors (Lipinski definition) is 6. The first-order chi connectivity index (χ1) is 17.8. The average Bonchev–Trinajstić information content (AvgIpc) is 2.85. The van der Waals surface area contributed by atoms with Gasteiger partial charge in [-0.2, -0.15) is 13.2 Å². The molecule has 38 heavy (non-hydrogen) atoms. The number of carbonyl (C=O) groups is 2. The molecule has 0 aromatic heterocycles. The van der Waals surface area contributed by atoms with Crippen molar-refractivity contribution in [2.75, 3.05) is 7.11 Å². The summed E-state index contributed by atoms with van der Waals surface area (Å²) in [6.45, 7) is 5.22. The van der Waals surface area contributed by atoms with Gasteiger partial charge in [0.15, 0.2) is 22.8 Å². The SMILES string of the molecule is C=C(C)C(C(=O)OCc1ccc(OC)cc1)N1C(=O)C(NC(=S)Cc2ccc(C(F)(F)F)cc2)C1[S+]([O-])Cl. The van der Waals surface area contributed by atoms with E-state index in [-0.39, 0.29) is 23.6 Å². The Bertz CT molecular complexity index is 1190. The second-order valence-corrected chi connectivity index (χ2v) is 10.9. The number of benzene rings is 2. The van der Waals surface area contributed by atoms with Crippen molar-refractivity contribution in [3.63, 3.8) is 0 Å². The summed E-state index contributed by atoms with van der Waals surface area (Å²) in [5.41, 5.74) is 0.632. The zero-order valence-corrected chi connectivity index (χ0v) is 22.7. The Labute approximate surface area is 230 Å². The van der Waals surface area contributed by atoms with E-state index in [1.807, 2.05) is 0 Å². The normalized spacial score (nSPS) is 18.7. The number of alkyl halides is 3. The van der Waals surface area contributed by atoms with Gasteiger partial charge in [-0.15, -0.1) is 0 Å². The van der Waals surface area contributed by atoms with Crippen LogP contribution in [0.1, 0.15) is 23.6 Å². The van der Waals surface area contributed by atoms with Gasteiger partial charge in [0, 0.05) is 6.42 Å². The maximum Gasteiger partial charge on any atom is 0.416 e. The van der Waals surface area contributed by atoms with Crippen molar-refractivity contribution < 1.29 is 36.8 Å². The third-order valence-corrected chi connectivity index (χ3v) is 7.43. The lowest BCUT2D eigenvalue weighted by Crippen LogP contribution is -2.75. The van der Waals surface area contributed by atoms with Gasteiger partial charge in [0.25, 0.3) is 5.91 Å². The number of methoxy groups -OCH3 is 1. The molecular formula is C25H24ClF3N2O5S2. The van der Waals surface area contributed by atoms with E-state index in [0.717, 1.165) is 17.0 Å². The molecule has 0 aliphatic carbocycles. The molecule has 1 saturated heterocycles. The molecule has 1 amide bonds. The predicted molar refractivity (Wildman–Crippen MR) is 141 cm³/mol. The number of esters is 1. The van der Waals surface area contributed by atoms with Gasteiger partial charge in [-0.25, -0.2) is 4.79 Å². The number of hydrogen-bond donors (Lipinski definition) is 1. The fourth-order valence-electron chi connectivity index (χ4n) is 3.82. The van der Waals surface area contributed by atoms with E-state index >= 15 is 0 Å². The van der Waals surface area contributed by atoms with Crippen molar-refractivity contribution in [1.29, 1.82) is 0 Å². The molecule has 1 aliphatic heterocycles. The first kappa shape index (κ1) is 29.8. The summed E-state index contributed by atoms with van der Waals surface area (Å²) in [7, 11) is 5.30. The van der Waals surface area contributed by atoms with Gasteiger partial charge in [0.1, 0.15) is 12.4 Å². The van der Waals surface area contributed by atoms with E-state index in [0.29, 0.717) is 16.9 Å². The maximum atomic E-state index is 13.0. The first-order valence-corrected chi connectivity index (χ1v) is 13.6. The molecule has 204 valence electrons. The number of ether oxygens (including phenoxy) is 2. The summed E-state index contributed by atoms with van der Waals surface area (Å²) in [6, 6.07) is 8.90. The highest BCUT2D eigenvalue weighted by Crippen LogP contribution is 2.33. The highest BCUT2D eigenvalue weighted by atomic mass is 35.7. The molecule has 3 rings (SSSR count). The van der Waals surface area contributed by atoms with Crippen LogP contribution >= 0.6 is 22.9 Å². The number of β-lactam (4-membered cyclic amide) rings is 1. The third-order valence-electron chi connectivity index (χ3n) is 5.74. The van der Waals surface area contributed by atoms with Crippen LogP contribution in [-0.4, -0.2) is 50.9 Å². The Morgan fingerprint density at radius 2 is 1.79 bits per heavy atom. The summed E-state index contributed by atoms with van der Waals surface area (Å²) < 4.78 is 61.2. The Hall–Kier alpha value is -2.80. The maximum absolute atomic E-state index is 13.0. The third kappa shape index (κ3) is 6.99. The summed E-state index contributed by atoms with van der Waals surface area (Å²) in [5.74, 6) is -0.749. The number of halogens is 4. The van der Waals surface area contributed by atoms with Gasteiger partial charge in [-0.05, 0) is 47.9 Å². The van der Waals surface area contributed by atoms with Crippen molar-refractivity contribution in [3.8, 4) is 5.75 Å². The van der Waals surface area contributed by atoms with Crippen molar-refractivity contribution >= 4 is 50.2 Å². The lowest BCUT2D eigenvalue weighted by molar-refractivity contribution is -0.162. The standard InChI is InChI=1S/C25H24ClF3N2O5S2/c1-14(2)21(24(33)36-13-16-6-10-18(35-3)11-7-16)31-22(32)20(23(31)38(26)34)30-19(37)12-15-4-8-17(9-5-15)25(27,28)29/h4-11,20-21,23H,1,12-13H2,2-3H3,(H,30,37). The molecule has 13 heteroatoms. The smallest absolute Gasteiger partial charge is 0.416 e. The topological polar surface area (TPSA) is 90.9 Å². The van der Waals surface area contributed by atoms with E-state index in [1.165, 1.54) is 26.2 Å². The lowest BCUT2D eigenvalue weighted by Gasteiger charge is -2.47. The number of nitrogens with one attached hydrogen (secondary N) is 1. The molecule has 2 aromatic rings. The number of thiocarbonyl (C=S) groups is 1. The zero-order chi connectivity index (χ0) is 28.2. The highest BCUT2D eigenvalue weighted by molar-refractivity contribution is 8.14. The van der Waals surface area contributed by atoms with E-state index in [1.54, 1.807) is 24.3 Å². The molecule has 4 unspecified atom stereocenters. The van der Waals surface area contributed by atoms with Crippen molar-refractivity contribution in [2.24, 2.45) is 0 Å². The molecule has 1 fully saturated rings. The summed E-state index contributed by atoms with van der Waals surface area (Å²) in [5, 5.41) is 1.63. The summed E-state index contributed by atoms with van der Waals surface area (Å²) >= 11 is 5.27. The largest absolute Gasteiger partial charge is 0.597 e. The van der Waals surface area contributed by atoms with E-state index in [2.05, 4.69) is 11.9 Å². The highest BCUT2D eigenvalue weighted by Gasteiger charge is 2.59. The van der Waals surface area contributed by atoms with Crippen LogP contribution in [0.2, 0.25) is 0 Å².